The molecule has 0 atom stereocenters. The van der Waals surface area contributed by atoms with Gasteiger partial charge in [-0.2, -0.15) is 0 Å². The maximum Gasteiger partial charge on any atom is 0.240 e. The van der Waals surface area contributed by atoms with Crippen molar-refractivity contribution in [3.05, 3.63) is 53.1 Å². The van der Waals surface area contributed by atoms with Crippen molar-refractivity contribution in [3.8, 4) is 11.6 Å². The number of rotatable bonds is 8. The smallest absolute Gasteiger partial charge is 0.240 e. The van der Waals surface area contributed by atoms with E-state index in [0.29, 0.717) is 24.1 Å². The molecule has 5 nitrogen and oxygen atoms in total. The van der Waals surface area contributed by atoms with Gasteiger partial charge in [0.2, 0.25) is 5.88 Å². The molecule has 0 radical (unpaired) electrons. The van der Waals surface area contributed by atoms with E-state index in [0.717, 1.165) is 35.2 Å². The van der Waals surface area contributed by atoms with E-state index in [1.165, 1.54) is 0 Å². The topological polar surface area (TPSA) is 39.5 Å². The Morgan fingerprint density at radius 2 is 1.88 bits per heavy atom. The zero-order chi connectivity index (χ0) is 18.5. The van der Waals surface area contributed by atoms with Gasteiger partial charge in [0.05, 0.1) is 31.2 Å². The molecule has 0 aliphatic carbocycles. The lowest BCUT2D eigenvalue weighted by molar-refractivity contribution is 0.273. The number of benzene rings is 2. The predicted octanol–water partition coefficient (Wildman–Crippen LogP) is 4.08. The zero-order valence-corrected chi connectivity index (χ0v) is 16.2. The van der Waals surface area contributed by atoms with Crippen LogP contribution in [0.1, 0.15) is 12.0 Å². The highest BCUT2D eigenvalue weighted by Gasteiger charge is 2.13. The van der Waals surface area contributed by atoms with E-state index in [9.17, 15) is 0 Å². The molecule has 1 heterocycles. The van der Waals surface area contributed by atoms with Gasteiger partial charge in [-0.3, -0.25) is 4.68 Å². The minimum atomic E-state index is 0.624. The van der Waals surface area contributed by atoms with Gasteiger partial charge < -0.3 is 14.4 Å². The number of methoxy groups -OCH3 is 1. The molecule has 0 unspecified atom stereocenters. The van der Waals surface area contributed by atoms with Gasteiger partial charge in [-0.05, 0) is 56.4 Å². The monoisotopic (exact) mass is 373 g/mol. The third-order valence-corrected chi connectivity index (χ3v) is 4.39. The molecule has 0 fully saturated rings. The maximum atomic E-state index is 6.18. The summed E-state index contributed by atoms with van der Waals surface area (Å²) in [6.45, 7) is 2.26. The Morgan fingerprint density at radius 3 is 2.58 bits per heavy atom. The normalized spacial score (nSPS) is 11.3. The summed E-state index contributed by atoms with van der Waals surface area (Å²) in [5.74, 6) is 1.48. The number of hydrogen-bond donors (Lipinski definition) is 0. The van der Waals surface area contributed by atoms with Crippen LogP contribution < -0.4 is 9.47 Å². The summed E-state index contributed by atoms with van der Waals surface area (Å²) in [6.07, 6.45) is 0.945. The molecule has 0 aliphatic heterocycles. The lowest BCUT2D eigenvalue weighted by Gasteiger charge is -2.09. The molecule has 2 aromatic carbocycles. The van der Waals surface area contributed by atoms with E-state index < -0.39 is 0 Å². The predicted molar refractivity (Wildman–Crippen MR) is 106 cm³/mol. The molecule has 0 aliphatic rings. The van der Waals surface area contributed by atoms with Crippen LogP contribution in [-0.2, 0) is 6.54 Å². The lowest BCUT2D eigenvalue weighted by atomic mass is 10.2. The quantitative estimate of drug-likeness (QED) is 0.558. The van der Waals surface area contributed by atoms with E-state index in [1.54, 1.807) is 7.11 Å². The second-order valence-electron chi connectivity index (χ2n) is 6.48. The van der Waals surface area contributed by atoms with Crippen molar-refractivity contribution in [1.29, 1.82) is 0 Å². The fourth-order valence-corrected chi connectivity index (χ4v) is 2.97. The maximum absolute atomic E-state index is 6.18. The summed E-state index contributed by atoms with van der Waals surface area (Å²) in [7, 11) is 5.77. The third kappa shape index (κ3) is 4.48. The molecule has 3 aromatic rings. The van der Waals surface area contributed by atoms with Crippen molar-refractivity contribution in [3.63, 3.8) is 0 Å². The van der Waals surface area contributed by atoms with Crippen LogP contribution in [0, 0.1) is 0 Å². The highest BCUT2D eigenvalue weighted by Crippen LogP contribution is 2.28. The van der Waals surface area contributed by atoms with Gasteiger partial charge in [0, 0.05) is 11.6 Å². The first-order chi connectivity index (χ1) is 12.6. The number of hydrogen-bond acceptors (Lipinski definition) is 4. The summed E-state index contributed by atoms with van der Waals surface area (Å²) in [6, 6.07) is 13.8. The Labute approximate surface area is 159 Å². The molecular weight excluding hydrogens is 350 g/mol. The van der Waals surface area contributed by atoms with Gasteiger partial charge in [0.1, 0.15) is 5.75 Å². The summed E-state index contributed by atoms with van der Waals surface area (Å²) in [5, 5.41) is 6.30. The van der Waals surface area contributed by atoms with E-state index in [1.807, 2.05) is 47.1 Å². The molecule has 0 N–H and O–H groups in total. The van der Waals surface area contributed by atoms with Crippen LogP contribution >= 0.6 is 11.6 Å². The minimum absolute atomic E-state index is 0.624. The van der Waals surface area contributed by atoms with Crippen LogP contribution in [0.4, 0.5) is 0 Å². The average Bonchev–Trinajstić information content (AvgIpc) is 2.96. The lowest BCUT2D eigenvalue weighted by Crippen LogP contribution is -2.15. The van der Waals surface area contributed by atoms with Crippen molar-refractivity contribution in [2.45, 2.75) is 13.0 Å². The number of aromatic nitrogens is 2. The van der Waals surface area contributed by atoms with Gasteiger partial charge in [0.15, 0.2) is 0 Å². The largest absolute Gasteiger partial charge is 0.497 e. The van der Waals surface area contributed by atoms with Gasteiger partial charge >= 0.3 is 0 Å². The first-order valence-corrected chi connectivity index (χ1v) is 9.01. The summed E-state index contributed by atoms with van der Waals surface area (Å²) < 4.78 is 13.1. The van der Waals surface area contributed by atoms with Crippen molar-refractivity contribution < 1.29 is 9.47 Å². The van der Waals surface area contributed by atoms with Crippen LogP contribution in [0.2, 0.25) is 5.02 Å². The van der Waals surface area contributed by atoms with Crippen molar-refractivity contribution >= 4 is 22.5 Å². The molecule has 1 aromatic heterocycles. The van der Waals surface area contributed by atoms with Gasteiger partial charge in [-0.25, -0.2) is 0 Å². The molecular formula is C20H24ClN3O2. The Morgan fingerprint density at radius 1 is 1.12 bits per heavy atom. The Hall–Kier alpha value is -2.24. The third-order valence-electron chi connectivity index (χ3n) is 4.16. The van der Waals surface area contributed by atoms with Crippen LogP contribution in [0.15, 0.2) is 42.5 Å². The summed E-state index contributed by atoms with van der Waals surface area (Å²) in [4.78, 5) is 2.14. The number of fused-ring (bicyclic) bond motifs is 1. The average molecular weight is 374 g/mol. The highest BCUT2D eigenvalue weighted by atomic mass is 35.5. The Balaban J connectivity index is 1.82. The van der Waals surface area contributed by atoms with Crippen LogP contribution in [0.3, 0.4) is 0 Å². The molecule has 0 saturated heterocycles. The first-order valence-electron chi connectivity index (χ1n) is 8.63. The molecule has 0 amide bonds. The number of ether oxygens (including phenoxy) is 2. The molecule has 0 saturated carbocycles. The first kappa shape index (κ1) is 18.5. The second-order valence-corrected chi connectivity index (χ2v) is 6.91. The minimum Gasteiger partial charge on any atom is -0.497 e. The van der Waals surface area contributed by atoms with E-state index >= 15 is 0 Å². The Bertz CT molecular complexity index is 859. The standard InChI is InChI=1S/C20H24ClN3O2/c1-23(2)11-4-12-26-20-18-13-16(21)7-10-19(18)24(22-20)14-15-5-8-17(25-3)9-6-15/h5-10,13H,4,11-12,14H2,1-3H3. The number of nitrogens with zero attached hydrogens (tertiary/aromatic N) is 3. The van der Waals surface area contributed by atoms with Crippen molar-refractivity contribution in [2.75, 3.05) is 34.4 Å². The van der Waals surface area contributed by atoms with Gasteiger partial charge in [-0.1, -0.05) is 23.7 Å². The highest BCUT2D eigenvalue weighted by molar-refractivity contribution is 6.31. The van der Waals surface area contributed by atoms with Crippen LogP contribution in [-0.4, -0.2) is 49.0 Å². The van der Waals surface area contributed by atoms with Crippen LogP contribution in [0.5, 0.6) is 11.6 Å². The van der Waals surface area contributed by atoms with E-state index in [-0.39, 0.29) is 0 Å². The summed E-state index contributed by atoms with van der Waals surface area (Å²) >= 11 is 6.18. The fourth-order valence-electron chi connectivity index (χ4n) is 2.80. The van der Waals surface area contributed by atoms with Gasteiger partial charge in [0.25, 0.3) is 0 Å². The molecule has 0 bridgehead atoms. The second kappa shape index (κ2) is 8.43. The molecule has 26 heavy (non-hydrogen) atoms. The van der Waals surface area contributed by atoms with Gasteiger partial charge in [-0.15, -0.1) is 5.10 Å². The fraction of sp³-hybridized carbons (Fsp3) is 0.350. The Kier molecular flexibility index (Phi) is 6.01. The van der Waals surface area contributed by atoms with E-state index in [2.05, 4.69) is 24.1 Å². The SMILES string of the molecule is COc1ccc(Cn2nc(OCCCN(C)C)c3cc(Cl)ccc32)cc1. The van der Waals surface area contributed by atoms with E-state index in [4.69, 9.17) is 21.1 Å². The summed E-state index contributed by atoms with van der Waals surface area (Å²) in [5.41, 5.74) is 2.15. The number of halogens is 1. The molecule has 3 rings (SSSR count). The zero-order valence-electron chi connectivity index (χ0n) is 15.4. The van der Waals surface area contributed by atoms with Crippen molar-refractivity contribution in [1.82, 2.24) is 14.7 Å². The van der Waals surface area contributed by atoms with Crippen LogP contribution in [0.25, 0.3) is 10.9 Å². The molecule has 6 heteroatoms. The molecule has 0 spiro atoms. The van der Waals surface area contributed by atoms with Crippen molar-refractivity contribution in [2.24, 2.45) is 0 Å². The molecule has 138 valence electrons.